The number of carbonyl (C=O) groups is 3. The summed E-state index contributed by atoms with van der Waals surface area (Å²) in [5, 5.41) is 8.68. The Balaban J connectivity index is 1.87. The van der Waals surface area contributed by atoms with Crippen molar-refractivity contribution < 1.29 is 14.4 Å². The molecule has 30 heavy (non-hydrogen) atoms. The van der Waals surface area contributed by atoms with Crippen LogP contribution in [0.5, 0.6) is 0 Å². The zero-order chi connectivity index (χ0) is 21.9. The summed E-state index contributed by atoms with van der Waals surface area (Å²) in [7, 11) is 0. The second-order valence-corrected chi connectivity index (χ2v) is 6.84. The van der Waals surface area contributed by atoms with Crippen LogP contribution in [-0.2, 0) is 9.59 Å². The molecule has 0 saturated heterocycles. The van der Waals surface area contributed by atoms with Crippen LogP contribution >= 0.6 is 0 Å². The average Bonchev–Trinajstić information content (AvgIpc) is 2.74. The van der Waals surface area contributed by atoms with Gasteiger partial charge in [0, 0.05) is 42.1 Å². The summed E-state index contributed by atoms with van der Waals surface area (Å²) in [5.74, 6) is -0.265. The van der Waals surface area contributed by atoms with Crippen LogP contribution in [0.15, 0.2) is 48.5 Å². The van der Waals surface area contributed by atoms with E-state index in [1.807, 2.05) is 32.9 Å². The molecule has 0 saturated carbocycles. The van der Waals surface area contributed by atoms with Crippen LogP contribution in [0.25, 0.3) is 0 Å². The van der Waals surface area contributed by atoms with E-state index in [1.54, 1.807) is 41.3 Å². The Morgan fingerprint density at radius 3 is 2.07 bits per heavy atom. The van der Waals surface area contributed by atoms with E-state index in [0.717, 1.165) is 12.1 Å². The molecule has 0 unspecified atom stereocenters. The van der Waals surface area contributed by atoms with Crippen molar-refractivity contribution in [3.8, 4) is 0 Å². The molecule has 7 heteroatoms. The highest BCUT2D eigenvalue weighted by Gasteiger charge is 2.12. The third-order valence-electron chi connectivity index (χ3n) is 4.54. The molecule has 0 aromatic heterocycles. The van der Waals surface area contributed by atoms with E-state index in [-0.39, 0.29) is 24.3 Å². The lowest BCUT2D eigenvalue weighted by molar-refractivity contribution is -0.116. The van der Waals surface area contributed by atoms with E-state index in [9.17, 15) is 14.4 Å². The van der Waals surface area contributed by atoms with Gasteiger partial charge in [-0.15, -0.1) is 0 Å². The van der Waals surface area contributed by atoms with E-state index in [1.165, 1.54) is 0 Å². The first-order chi connectivity index (χ1) is 14.5. The smallest absolute Gasteiger partial charge is 0.253 e. The van der Waals surface area contributed by atoms with Crippen molar-refractivity contribution in [2.24, 2.45) is 0 Å². The second-order valence-electron chi connectivity index (χ2n) is 6.84. The Morgan fingerprint density at radius 1 is 0.800 bits per heavy atom. The fraction of sp³-hybridized carbons (Fsp3) is 0.348. The average molecular weight is 411 g/mol. The summed E-state index contributed by atoms with van der Waals surface area (Å²) >= 11 is 0. The van der Waals surface area contributed by atoms with Crippen LogP contribution in [0.4, 0.5) is 17.1 Å². The van der Waals surface area contributed by atoms with Gasteiger partial charge in [-0.3, -0.25) is 14.4 Å². The van der Waals surface area contributed by atoms with Crippen molar-refractivity contribution >= 4 is 34.8 Å². The van der Waals surface area contributed by atoms with E-state index in [0.29, 0.717) is 36.4 Å². The quantitative estimate of drug-likeness (QED) is 0.553. The molecule has 0 aliphatic rings. The lowest BCUT2D eigenvalue weighted by atomic mass is 10.1. The number of nitrogens with zero attached hydrogens (tertiary/aromatic N) is 1. The molecular formula is C23H30N4O3. The van der Waals surface area contributed by atoms with Crippen LogP contribution in [0.3, 0.4) is 0 Å². The topological polar surface area (TPSA) is 90.5 Å². The van der Waals surface area contributed by atoms with Gasteiger partial charge in [0.15, 0.2) is 0 Å². The van der Waals surface area contributed by atoms with Crippen molar-refractivity contribution in [3.63, 3.8) is 0 Å². The third-order valence-corrected chi connectivity index (χ3v) is 4.54. The number of rotatable bonds is 10. The molecule has 0 fully saturated rings. The summed E-state index contributed by atoms with van der Waals surface area (Å²) in [4.78, 5) is 38.0. The lowest BCUT2D eigenvalue weighted by Gasteiger charge is -2.18. The largest absolute Gasteiger partial charge is 0.376 e. The van der Waals surface area contributed by atoms with Crippen molar-refractivity contribution in [1.82, 2.24) is 4.90 Å². The first-order valence-electron chi connectivity index (χ1n) is 10.3. The number of amides is 3. The molecule has 0 spiro atoms. The molecule has 3 N–H and O–H groups in total. The molecule has 2 rings (SSSR count). The summed E-state index contributed by atoms with van der Waals surface area (Å²) in [6.45, 7) is 7.22. The summed E-state index contributed by atoms with van der Waals surface area (Å²) in [6.07, 6.45) is 1.26. The normalized spacial score (nSPS) is 10.2. The van der Waals surface area contributed by atoms with Gasteiger partial charge in [0.25, 0.3) is 5.91 Å². The molecular weight excluding hydrogens is 380 g/mol. The summed E-state index contributed by atoms with van der Waals surface area (Å²) < 4.78 is 0. The Labute approximate surface area is 177 Å². The van der Waals surface area contributed by atoms with E-state index in [4.69, 9.17) is 0 Å². The standard InChI is InChI=1S/C23H30N4O3/c1-4-8-21(28)26-20-10-7-9-19(15-20)24-16-22(29)25-18-13-11-17(12-14-18)23(30)27(5-2)6-3/h7,9-15,24H,4-6,8,16H2,1-3H3,(H,25,29)(H,26,28). The maximum Gasteiger partial charge on any atom is 0.253 e. The van der Waals surface area contributed by atoms with Gasteiger partial charge in [0.05, 0.1) is 6.54 Å². The number of benzene rings is 2. The monoisotopic (exact) mass is 410 g/mol. The zero-order valence-electron chi connectivity index (χ0n) is 17.8. The number of hydrogen-bond acceptors (Lipinski definition) is 4. The van der Waals surface area contributed by atoms with Crippen molar-refractivity contribution in [2.75, 3.05) is 35.6 Å². The number of anilines is 3. The number of nitrogens with one attached hydrogen (secondary N) is 3. The Hall–Kier alpha value is -3.35. The molecule has 2 aromatic rings. The van der Waals surface area contributed by atoms with E-state index in [2.05, 4.69) is 16.0 Å². The molecule has 0 bridgehead atoms. The third kappa shape index (κ3) is 6.92. The predicted octanol–water partition coefficient (Wildman–Crippen LogP) is 3.96. The first kappa shape index (κ1) is 22.9. The Bertz CT molecular complexity index is 861. The van der Waals surface area contributed by atoms with Gasteiger partial charge in [0.1, 0.15) is 0 Å². The minimum atomic E-state index is -0.210. The highest BCUT2D eigenvalue weighted by Crippen LogP contribution is 2.16. The van der Waals surface area contributed by atoms with Crippen molar-refractivity contribution in [1.29, 1.82) is 0 Å². The zero-order valence-corrected chi connectivity index (χ0v) is 17.8. The summed E-state index contributed by atoms with van der Waals surface area (Å²) in [6, 6.07) is 14.1. The van der Waals surface area contributed by atoms with E-state index >= 15 is 0 Å². The molecule has 0 aliphatic carbocycles. The fourth-order valence-corrected chi connectivity index (χ4v) is 2.93. The van der Waals surface area contributed by atoms with Gasteiger partial charge < -0.3 is 20.9 Å². The molecule has 0 radical (unpaired) electrons. The minimum absolute atomic E-state index is 0.0227. The maximum atomic E-state index is 12.3. The molecule has 3 amide bonds. The van der Waals surface area contributed by atoms with E-state index < -0.39 is 0 Å². The molecule has 7 nitrogen and oxygen atoms in total. The van der Waals surface area contributed by atoms with Crippen molar-refractivity contribution in [2.45, 2.75) is 33.6 Å². The molecule has 160 valence electrons. The van der Waals surface area contributed by atoms with Gasteiger partial charge >= 0.3 is 0 Å². The fourth-order valence-electron chi connectivity index (χ4n) is 2.93. The maximum absolute atomic E-state index is 12.3. The number of hydrogen-bond donors (Lipinski definition) is 3. The van der Waals surface area contributed by atoms with Gasteiger partial charge in [0.2, 0.25) is 11.8 Å². The number of carbonyl (C=O) groups excluding carboxylic acids is 3. The van der Waals surface area contributed by atoms with Crippen molar-refractivity contribution in [3.05, 3.63) is 54.1 Å². The highest BCUT2D eigenvalue weighted by atomic mass is 16.2. The molecule has 0 heterocycles. The van der Waals surface area contributed by atoms with Crippen LogP contribution in [0.2, 0.25) is 0 Å². The lowest BCUT2D eigenvalue weighted by Crippen LogP contribution is -2.30. The van der Waals surface area contributed by atoms with Gasteiger partial charge in [-0.25, -0.2) is 0 Å². The minimum Gasteiger partial charge on any atom is -0.376 e. The predicted molar refractivity (Wildman–Crippen MR) is 121 cm³/mol. The van der Waals surface area contributed by atoms with Crippen LogP contribution in [-0.4, -0.2) is 42.3 Å². The first-order valence-corrected chi connectivity index (χ1v) is 10.3. The van der Waals surface area contributed by atoms with Gasteiger partial charge in [-0.1, -0.05) is 13.0 Å². The van der Waals surface area contributed by atoms with Crippen LogP contribution in [0, 0.1) is 0 Å². The van der Waals surface area contributed by atoms with Gasteiger partial charge in [-0.05, 0) is 62.7 Å². The Kier molecular flexibility index (Phi) is 8.87. The second kappa shape index (κ2) is 11.6. The molecule has 0 aliphatic heterocycles. The Morgan fingerprint density at radius 2 is 1.43 bits per heavy atom. The van der Waals surface area contributed by atoms with Gasteiger partial charge in [-0.2, -0.15) is 0 Å². The van der Waals surface area contributed by atoms with Crippen LogP contribution in [0.1, 0.15) is 44.0 Å². The molecule has 2 aromatic carbocycles. The SMILES string of the molecule is CCCC(=O)Nc1cccc(NCC(=O)Nc2ccc(C(=O)N(CC)CC)cc2)c1. The van der Waals surface area contributed by atoms with Crippen LogP contribution < -0.4 is 16.0 Å². The highest BCUT2D eigenvalue weighted by molar-refractivity contribution is 5.97. The summed E-state index contributed by atoms with van der Waals surface area (Å²) in [5.41, 5.74) is 2.64. The molecule has 0 atom stereocenters.